The second-order valence-corrected chi connectivity index (χ2v) is 5.31. The fraction of sp³-hybridized carbons (Fsp3) is 0.429. The van der Waals surface area contributed by atoms with E-state index in [1.54, 1.807) is 6.92 Å². The van der Waals surface area contributed by atoms with Gasteiger partial charge in [-0.1, -0.05) is 30.1 Å². The van der Waals surface area contributed by atoms with Gasteiger partial charge in [0.15, 0.2) is 10.3 Å². The fourth-order valence-electron chi connectivity index (χ4n) is 0.904. The van der Waals surface area contributed by atoms with Crippen LogP contribution >= 0.6 is 23.2 Å². The van der Waals surface area contributed by atoms with Crippen molar-refractivity contribution in [2.24, 2.45) is 0 Å². The minimum atomic E-state index is -3.43. The van der Waals surface area contributed by atoms with Crippen LogP contribution in [0.5, 0.6) is 0 Å². The van der Waals surface area contributed by atoms with Gasteiger partial charge in [-0.3, -0.25) is 4.72 Å². The van der Waals surface area contributed by atoms with E-state index in [1.807, 2.05) is 0 Å². The molecule has 0 bridgehead atoms. The Kier molecular flexibility index (Phi) is 4.12. The van der Waals surface area contributed by atoms with Gasteiger partial charge in [0.2, 0.25) is 10.0 Å². The predicted octanol–water partition coefficient (Wildman–Crippen LogP) is 1.94. The molecule has 0 saturated heterocycles. The molecule has 0 fully saturated rings. The van der Waals surface area contributed by atoms with Crippen LogP contribution in [-0.4, -0.2) is 24.1 Å². The van der Waals surface area contributed by atoms with Gasteiger partial charge in [-0.05, 0) is 6.42 Å². The number of aromatic nitrogens is 2. The smallest absolute Gasteiger partial charge is 0.232 e. The normalized spacial score (nSPS) is 11.4. The van der Waals surface area contributed by atoms with Crippen LogP contribution in [0.1, 0.15) is 13.3 Å². The van der Waals surface area contributed by atoms with E-state index in [0.717, 1.165) is 6.33 Å². The molecule has 1 aromatic rings. The first kappa shape index (κ1) is 12.5. The number of hydrogen-bond acceptors (Lipinski definition) is 4. The second-order valence-electron chi connectivity index (χ2n) is 2.75. The summed E-state index contributed by atoms with van der Waals surface area (Å²) in [5.41, 5.74) is 0.0225. The summed E-state index contributed by atoms with van der Waals surface area (Å²) < 4.78 is 25.1. The molecule has 0 aliphatic rings. The summed E-state index contributed by atoms with van der Waals surface area (Å²) in [7, 11) is -3.43. The maximum Gasteiger partial charge on any atom is 0.232 e. The second kappa shape index (κ2) is 4.96. The first-order chi connectivity index (χ1) is 6.96. The Morgan fingerprint density at radius 2 is 1.87 bits per heavy atom. The lowest BCUT2D eigenvalue weighted by Crippen LogP contribution is -2.17. The first-order valence-electron chi connectivity index (χ1n) is 4.12. The lowest BCUT2D eigenvalue weighted by molar-refractivity contribution is 0.600. The van der Waals surface area contributed by atoms with Crippen LogP contribution in [0.3, 0.4) is 0 Å². The molecule has 0 aliphatic heterocycles. The lowest BCUT2D eigenvalue weighted by Gasteiger charge is -2.08. The molecule has 0 aromatic carbocycles. The molecule has 0 atom stereocenters. The van der Waals surface area contributed by atoms with E-state index < -0.39 is 10.0 Å². The zero-order valence-electron chi connectivity index (χ0n) is 7.87. The maximum absolute atomic E-state index is 11.4. The quantitative estimate of drug-likeness (QED) is 0.848. The molecule has 84 valence electrons. The van der Waals surface area contributed by atoms with E-state index in [1.165, 1.54) is 0 Å². The van der Waals surface area contributed by atoms with Crippen LogP contribution in [0, 0.1) is 0 Å². The van der Waals surface area contributed by atoms with E-state index in [9.17, 15) is 8.42 Å². The van der Waals surface area contributed by atoms with Crippen molar-refractivity contribution >= 4 is 38.9 Å². The molecule has 1 N–H and O–H groups in total. The van der Waals surface area contributed by atoms with Gasteiger partial charge in [0.25, 0.3) is 0 Å². The third-order valence-electron chi connectivity index (χ3n) is 1.49. The Morgan fingerprint density at radius 3 is 2.33 bits per heavy atom. The first-order valence-corrected chi connectivity index (χ1v) is 6.53. The molecular weight excluding hydrogens is 261 g/mol. The maximum atomic E-state index is 11.4. The standard InChI is InChI=1S/C7H9Cl2N3O2S/c1-2-3-15(13,14)12-5-6(8)10-4-11-7(5)9/h4,12H,2-3H2,1H3. The summed E-state index contributed by atoms with van der Waals surface area (Å²) in [5, 5.41) is -0.0376. The summed E-state index contributed by atoms with van der Waals surface area (Å²) in [6.45, 7) is 1.75. The van der Waals surface area contributed by atoms with Gasteiger partial charge in [-0.15, -0.1) is 0 Å². The van der Waals surface area contributed by atoms with Gasteiger partial charge < -0.3 is 0 Å². The lowest BCUT2D eigenvalue weighted by atomic mass is 10.6. The average molecular weight is 270 g/mol. The molecule has 8 heteroatoms. The minimum absolute atomic E-state index is 0.00540. The molecular formula is C7H9Cl2N3O2S. The SMILES string of the molecule is CCCS(=O)(=O)Nc1c(Cl)ncnc1Cl. The molecule has 0 radical (unpaired) electrons. The van der Waals surface area contributed by atoms with Crippen molar-refractivity contribution in [1.82, 2.24) is 9.97 Å². The third-order valence-corrected chi connectivity index (χ3v) is 3.52. The highest BCUT2D eigenvalue weighted by molar-refractivity contribution is 7.92. The highest BCUT2D eigenvalue weighted by atomic mass is 35.5. The van der Waals surface area contributed by atoms with Crippen molar-refractivity contribution in [3.05, 3.63) is 16.6 Å². The number of halogens is 2. The van der Waals surface area contributed by atoms with Crippen LogP contribution in [0.4, 0.5) is 5.69 Å². The van der Waals surface area contributed by atoms with E-state index in [-0.39, 0.29) is 21.7 Å². The molecule has 0 amide bonds. The molecule has 1 rings (SSSR count). The van der Waals surface area contributed by atoms with Crippen molar-refractivity contribution in [2.75, 3.05) is 10.5 Å². The Balaban J connectivity index is 2.99. The van der Waals surface area contributed by atoms with Crippen LogP contribution in [0.15, 0.2) is 6.33 Å². The van der Waals surface area contributed by atoms with Crippen molar-refractivity contribution in [2.45, 2.75) is 13.3 Å². The summed E-state index contributed by atoms with van der Waals surface area (Å²) in [6.07, 6.45) is 1.65. The topological polar surface area (TPSA) is 72.0 Å². The van der Waals surface area contributed by atoms with Gasteiger partial charge in [0, 0.05) is 0 Å². The van der Waals surface area contributed by atoms with Gasteiger partial charge in [-0.25, -0.2) is 18.4 Å². The summed E-state index contributed by atoms with van der Waals surface area (Å²) in [5.74, 6) is -0.00540. The van der Waals surface area contributed by atoms with Crippen LogP contribution in [-0.2, 0) is 10.0 Å². The molecule has 15 heavy (non-hydrogen) atoms. The molecule has 0 saturated carbocycles. The Morgan fingerprint density at radius 1 is 1.33 bits per heavy atom. The molecule has 0 unspecified atom stereocenters. The van der Waals surface area contributed by atoms with Gasteiger partial charge in [0.1, 0.15) is 12.0 Å². The zero-order chi connectivity index (χ0) is 11.5. The molecule has 0 spiro atoms. The molecule has 5 nitrogen and oxygen atoms in total. The number of nitrogens with zero attached hydrogens (tertiary/aromatic N) is 2. The van der Waals surface area contributed by atoms with E-state index in [2.05, 4.69) is 14.7 Å². The molecule has 1 aromatic heterocycles. The molecule has 1 heterocycles. The highest BCUT2D eigenvalue weighted by Crippen LogP contribution is 2.26. The Labute approximate surface area is 97.9 Å². The van der Waals surface area contributed by atoms with Gasteiger partial charge in [-0.2, -0.15) is 0 Å². The predicted molar refractivity (Wildman–Crippen MR) is 59.8 cm³/mol. The average Bonchev–Trinajstić information content (AvgIpc) is 2.11. The molecule has 0 aliphatic carbocycles. The van der Waals surface area contributed by atoms with Crippen LogP contribution in [0.25, 0.3) is 0 Å². The number of hydrogen-bond donors (Lipinski definition) is 1. The summed E-state index contributed by atoms with van der Waals surface area (Å²) >= 11 is 11.3. The monoisotopic (exact) mass is 269 g/mol. The van der Waals surface area contributed by atoms with Crippen molar-refractivity contribution in [3.8, 4) is 0 Å². The number of anilines is 1. The van der Waals surface area contributed by atoms with Gasteiger partial charge >= 0.3 is 0 Å². The van der Waals surface area contributed by atoms with E-state index >= 15 is 0 Å². The number of nitrogens with one attached hydrogen (secondary N) is 1. The fourth-order valence-corrected chi connectivity index (χ4v) is 2.57. The van der Waals surface area contributed by atoms with Crippen LogP contribution in [0.2, 0.25) is 10.3 Å². The summed E-state index contributed by atoms with van der Waals surface area (Å²) in [6, 6.07) is 0. The van der Waals surface area contributed by atoms with Crippen molar-refractivity contribution < 1.29 is 8.42 Å². The number of sulfonamides is 1. The minimum Gasteiger partial charge on any atom is -0.278 e. The number of rotatable bonds is 4. The Hall–Kier alpha value is -0.590. The Bertz CT molecular complexity index is 429. The highest BCUT2D eigenvalue weighted by Gasteiger charge is 2.15. The van der Waals surface area contributed by atoms with Gasteiger partial charge in [0.05, 0.1) is 5.75 Å². The van der Waals surface area contributed by atoms with Crippen LogP contribution < -0.4 is 4.72 Å². The van der Waals surface area contributed by atoms with Crippen molar-refractivity contribution in [1.29, 1.82) is 0 Å². The van der Waals surface area contributed by atoms with E-state index in [0.29, 0.717) is 6.42 Å². The third kappa shape index (κ3) is 3.48. The summed E-state index contributed by atoms with van der Waals surface area (Å²) in [4.78, 5) is 7.25. The largest absolute Gasteiger partial charge is 0.278 e. The van der Waals surface area contributed by atoms with Crippen molar-refractivity contribution in [3.63, 3.8) is 0 Å². The van der Waals surface area contributed by atoms with E-state index in [4.69, 9.17) is 23.2 Å². The zero-order valence-corrected chi connectivity index (χ0v) is 10.2.